The number of β-amino-alcohol motifs (C(OH)–C–C–N with tert-alkyl or cyclic N) is 1. The number of esters is 4. The topological polar surface area (TPSA) is 208 Å². The third-order valence-corrected chi connectivity index (χ3v) is 14.0. The molecule has 18 heteroatoms. The molecule has 16 atom stereocenters. The van der Waals surface area contributed by atoms with Crippen molar-refractivity contribution in [3.8, 4) is 0 Å². The van der Waals surface area contributed by atoms with Crippen LogP contribution in [0.1, 0.15) is 106 Å². The number of cyclic esters (lactones) is 1. The summed E-state index contributed by atoms with van der Waals surface area (Å²) in [6.07, 6.45) is -6.17. The Morgan fingerprint density at radius 1 is 0.943 bits per heavy atom. The Labute approximate surface area is 415 Å². The van der Waals surface area contributed by atoms with E-state index in [-0.39, 0.29) is 38.0 Å². The summed E-state index contributed by atoms with van der Waals surface area (Å²) in [5.74, 6) is -3.95. The maximum absolute atomic E-state index is 14.0. The second-order valence-corrected chi connectivity index (χ2v) is 19.7. The van der Waals surface area contributed by atoms with E-state index in [4.69, 9.17) is 47.4 Å². The Morgan fingerprint density at radius 3 is 2.20 bits per heavy atom. The van der Waals surface area contributed by atoms with Crippen molar-refractivity contribution in [2.24, 2.45) is 17.8 Å². The molecule has 3 saturated heterocycles. The number of aliphatic hydroxyl groups excluding tert-OH is 2. The summed E-state index contributed by atoms with van der Waals surface area (Å²) in [6.45, 7) is 15.0. The van der Waals surface area contributed by atoms with E-state index in [2.05, 4.69) is 11.0 Å². The minimum absolute atomic E-state index is 0.00645. The zero-order valence-electron chi connectivity index (χ0n) is 43.9. The molecule has 398 valence electrons. The minimum atomic E-state index is -1.33. The van der Waals surface area contributed by atoms with Gasteiger partial charge < -0.3 is 62.5 Å². The third kappa shape index (κ3) is 16.5. The lowest BCUT2D eigenvalue weighted by Gasteiger charge is -2.53. The van der Waals surface area contributed by atoms with Crippen LogP contribution < -0.4 is 0 Å². The van der Waals surface area contributed by atoms with E-state index in [9.17, 15) is 29.4 Å². The molecule has 0 spiro atoms. The summed E-state index contributed by atoms with van der Waals surface area (Å²) in [4.78, 5) is 56.2. The second-order valence-electron chi connectivity index (χ2n) is 19.7. The van der Waals surface area contributed by atoms with Gasteiger partial charge in [-0.3, -0.25) is 24.1 Å². The summed E-state index contributed by atoms with van der Waals surface area (Å²) in [5.41, 5.74) is -0.279. The van der Waals surface area contributed by atoms with E-state index in [1.165, 1.54) is 28.3 Å². The molecule has 0 unspecified atom stereocenters. The number of hydrogen-bond acceptors (Lipinski definition) is 18. The molecular formula is C52H84N2O16. The van der Waals surface area contributed by atoms with Gasteiger partial charge in [-0.1, -0.05) is 63.3 Å². The molecule has 3 aliphatic heterocycles. The summed E-state index contributed by atoms with van der Waals surface area (Å²) < 4.78 is 61.8. The Bertz CT molecular complexity index is 1800. The number of likely N-dealkylation sites (N-methyl/N-ethyl adjacent to an activating group) is 1. The average Bonchev–Trinajstić information content (AvgIpc) is 3.30. The van der Waals surface area contributed by atoms with Crippen LogP contribution in [-0.4, -0.2) is 184 Å². The molecule has 0 aromatic heterocycles. The van der Waals surface area contributed by atoms with E-state index < -0.39 is 121 Å². The van der Waals surface area contributed by atoms with Gasteiger partial charge in [-0.05, 0) is 72.0 Å². The molecule has 3 fully saturated rings. The van der Waals surface area contributed by atoms with Crippen molar-refractivity contribution in [3.05, 3.63) is 42.0 Å². The number of hydrogen-bond donors (Lipinski definition) is 2. The molecule has 2 N–H and O–H groups in total. The van der Waals surface area contributed by atoms with Crippen molar-refractivity contribution >= 4 is 30.0 Å². The second kappa shape index (κ2) is 28.0. The molecule has 4 rings (SSSR count). The first-order valence-electron chi connectivity index (χ1n) is 25.0. The number of rotatable bonds is 17. The smallest absolute Gasteiger partial charge is 0.309 e. The number of methoxy groups -OCH3 is 3. The molecule has 0 amide bonds. The third-order valence-electron chi connectivity index (χ3n) is 14.0. The number of carbonyl (C=O) groups excluding carboxylic acids is 4. The summed E-state index contributed by atoms with van der Waals surface area (Å²) >= 11 is 0. The Morgan fingerprint density at radius 2 is 1.60 bits per heavy atom. The van der Waals surface area contributed by atoms with Crippen LogP contribution in [0.5, 0.6) is 0 Å². The van der Waals surface area contributed by atoms with Crippen LogP contribution in [0.15, 0.2) is 36.4 Å². The number of benzene rings is 1. The zero-order chi connectivity index (χ0) is 51.9. The van der Waals surface area contributed by atoms with Gasteiger partial charge in [-0.2, -0.15) is 0 Å². The van der Waals surface area contributed by atoms with Gasteiger partial charge in [0.2, 0.25) is 0 Å². The van der Waals surface area contributed by atoms with Crippen LogP contribution >= 0.6 is 0 Å². The van der Waals surface area contributed by atoms with Gasteiger partial charge in [0.1, 0.15) is 24.4 Å². The van der Waals surface area contributed by atoms with Crippen LogP contribution in [0.4, 0.5) is 0 Å². The average molecular weight is 993 g/mol. The molecule has 0 bridgehead atoms. The minimum Gasteiger partial charge on any atom is -0.463 e. The zero-order valence-corrected chi connectivity index (χ0v) is 43.9. The lowest BCUT2D eigenvalue weighted by atomic mass is 9.70. The van der Waals surface area contributed by atoms with Crippen molar-refractivity contribution in [2.75, 3.05) is 55.1 Å². The fourth-order valence-corrected chi connectivity index (χ4v) is 10.4. The fourth-order valence-electron chi connectivity index (χ4n) is 10.4. The first kappa shape index (κ1) is 59.0. The van der Waals surface area contributed by atoms with E-state index >= 15 is 0 Å². The van der Waals surface area contributed by atoms with Crippen LogP contribution in [0.25, 0.3) is 6.08 Å². The van der Waals surface area contributed by atoms with E-state index in [1.807, 2.05) is 76.2 Å². The van der Waals surface area contributed by atoms with Gasteiger partial charge >= 0.3 is 23.9 Å². The van der Waals surface area contributed by atoms with Crippen LogP contribution in [0.3, 0.4) is 0 Å². The van der Waals surface area contributed by atoms with Crippen molar-refractivity contribution in [2.45, 2.75) is 186 Å². The fraction of sp³-hybridized carbons (Fsp3) is 0.769. The summed E-state index contributed by atoms with van der Waals surface area (Å²) in [7, 11) is 8.14. The predicted molar refractivity (Wildman–Crippen MR) is 259 cm³/mol. The SMILES string of the molecule is CCC(=O)O[C@@H]1CC(=O)O[C@H](C)CCN(C/C=C/c2ccccc2)C[C@H](O)[C@H](C)C[C@H](CC(OC)OC)[C@H]([C@@H]2O[C@H](C)[C@@H](O[C@H]3C[C@@](C)(OC(C)=O)[C@@H](OC(=O)CC)[C@H](C)O3)[C@H](N(C)C)[C@H]2O)[C@@H]1OC. The normalized spacial score (nSPS) is 35.4. The first-order valence-corrected chi connectivity index (χ1v) is 25.0. The van der Waals surface area contributed by atoms with E-state index in [0.717, 1.165) is 5.56 Å². The lowest BCUT2D eigenvalue weighted by molar-refractivity contribution is -0.320. The highest BCUT2D eigenvalue weighted by atomic mass is 16.7. The maximum Gasteiger partial charge on any atom is 0.309 e. The molecule has 1 aromatic rings. The largest absolute Gasteiger partial charge is 0.463 e. The number of nitrogens with zero attached hydrogens (tertiary/aromatic N) is 2. The number of aliphatic hydroxyl groups is 2. The van der Waals surface area contributed by atoms with Crippen LogP contribution in [0, 0.1) is 17.8 Å². The molecule has 3 heterocycles. The van der Waals surface area contributed by atoms with Gasteiger partial charge in [0.15, 0.2) is 24.3 Å². The highest BCUT2D eigenvalue weighted by molar-refractivity contribution is 5.73. The summed E-state index contributed by atoms with van der Waals surface area (Å²) in [6, 6.07) is 9.16. The Kier molecular flexibility index (Phi) is 23.6. The number of ether oxygens (including phenoxy) is 10. The van der Waals surface area contributed by atoms with Gasteiger partial charge in [-0.25, -0.2) is 0 Å². The van der Waals surface area contributed by atoms with Gasteiger partial charge in [0, 0.05) is 79.5 Å². The molecule has 0 radical (unpaired) electrons. The summed E-state index contributed by atoms with van der Waals surface area (Å²) in [5, 5.41) is 25.0. The Balaban J connectivity index is 1.81. The maximum atomic E-state index is 14.0. The van der Waals surface area contributed by atoms with Gasteiger partial charge in [0.25, 0.3) is 0 Å². The van der Waals surface area contributed by atoms with Crippen molar-refractivity contribution < 1.29 is 76.8 Å². The Hall–Kier alpha value is -3.56. The molecule has 0 aliphatic carbocycles. The van der Waals surface area contributed by atoms with Crippen molar-refractivity contribution in [1.29, 1.82) is 0 Å². The van der Waals surface area contributed by atoms with Crippen molar-refractivity contribution in [1.82, 2.24) is 9.80 Å². The molecule has 3 aliphatic rings. The first-order chi connectivity index (χ1) is 33.2. The molecule has 0 saturated carbocycles. The van der Waals surface area contributed by atoms with E-state index in [0.29, 0.717) is 32.5 Å². The monoisotopic (exact) mass is 993 g/mol. The molecule has 1 aromatic carbocycles. The van der Waals surface area contributed by atoms with Crippen LogP contribution in [0.2, 0.25) is 0 Å². The van der Waals surface area contributed by atoms with E-state index in [1.54, 1.807) is 27.7 Å². The van der Waals surface area contributed by atoms with Crippen molar-refractivity contribution in [3.63, 3.8) is 0 Å². The van der Waals surface area contributed by atoms with Crippen LogP contribution in [-0.2, 0) is 66.5 Å². The molecular weight excluding hydrogens is 909 g/mol. The highest BCUT2D eigenvalue weighted by Gasteiger charge is 2.56. The molecule has 18 nitrogen and oxygen atoms in total. The molecule has 70 heavy (non-hydrogen) atoms. The van der Waals surface area contributed by atoms with Gasteiger partial charge in [-0.15, -0.1) is 0 Å². The number of carbonyl (C=O) groups is 4. The quantitative estimate of drug-likeness (QED) is 0.120. The van der Waals surface area contributed by atoms with Gasteiger partial charge in [0.05, 0.1) is 43.0 Å². The standard InChI is InChI=1S/C52H84N2O16/c1-14-40(57)67-39-28-42(59)64-32(4)23-25-54(24-19-22-36-20-17-16-18-21-36)30-38(56)31(3)26-37(27-43(61-11)62-12)45(49(39)63-13)50-47(60)46(53(9)10)48(33(5)66-50)69-44-29-52(8,70-35(7)55)51(34(6)65-44)68-41(58)15-2/h16-22,31-34,37-39,43-51,56,60H,14-15,23-30H2,1-13H3/b22-19+/t31-,32-,33-,34+,37-,38+,39-,44+,45+,46-,47-,48-,49-,50+,51+,52-/m1/s1. The predicted octanol–water partition coefficient (Wildman–Crippen LogP) is 4.93. The highest BCUT2D eigenvalue weighted by Crippen LogP contribution is 2.43. The lowest BCUT2D eigenvalue weighted by Crippen LogP contribution is -2.67.